The molecule has 2 aromatic rings. The second-order valence-electron chi connectivity index (χ2n) is 6.84. The molecule has 0 radical (unpaired) electrons. The van der Waals surface area contributed by atoms with Gasteiger partial charge in [0.15, 0.2) is 9.84 Å². The predicted molar refractivity (Wildman–Crippen MR) is 113 cm³/mol. The molecular formula is C21H20ClFN2O5S. The maximum atomic E-state index is 13.5. The summed E-state index contributed by atoms with van der Waals surface area (Å²) in [6.07, 6.45) is 0. The predicted octanol–water partition coefficient (Wildman–Crippen LogP) is 3.43. The lowest BCUT2D eigenvalue weighted by Crippen LogP contribution is -2.47. The number of hydrogen-bond donors (Lipinski definition) is 2. The van der Waals surface area contributed by atoms with Gasteiger partial charge in [-0.2, -0.15) is 0 Å². The Balaban J connectivity index is 2.13. The summed E-state index contributed by atoms with van der Waals surface area (Å²) >= 11 is 5.72. The maximum absolute atomic E-state index is 13.5. The zero-order chi connectivity index (χ0) is 22.8. The van der Waals surface area contributed by atoms with Crippen LogP contribution in [0.5, 0.6) is 0 Å². The average molecular weight is 467 g/mol. The molecule has 0 saturated heterocycles. The third-order valence-electron chi connectivity index (χ3n) is 4.73. The molecule has 3 rings (SSSR count). The molecule has 31 heavy (non-hydrogen) atoms. The van der Waals surface area contributed by atoms with E-state index < -0.39 is 39.4 Å². The number of sulfone groups is 1. The van der Waals surface area contributed by atoms with E-state index in [1.165, 1.54) is 0 Å². The van der Waals surface area contributed by atoms with Crippen molar-refractivity contribution in [1.82, 2.24) is 10.6 Å². The van der Waals surface area contributed by atoms with E-state index in [4.69, 9.17) is 16.3 Å². The second kappa shape index (κ2) is 9.07. The van der Waals surface area contributed by atoms with E-state index in [9.17, 15) is 22.4 Å². The summed E-state index contributed by atoms with van der Waals surface area (Å²) in [6, 6.07) is 8.52. The fourth-order valence-corrected chi connectivity index (χ4v) is 4.86. The van der Waals surface area contributed by atoms with Gasteiger partial charge in [0.05, 0.1) is 33.9 Å². The van der Waals surface area contributed by atoms with Crippen molar-refractivity contribution in [3.63, 3.8) is 0 Å². The lowest BCUT2D eigenvalue weighted by atomic mass is 9.92. The van der Waals surface area contributed by atoms with Gasteiger partial charge in [0.1, 0.15) is 5.82 Å². The van der Waals surface area contributed by atoms with Gasteiger partial charge < -0.3 is 15.4 Å². The van der Waals surface area contributed by atoms with E-state index in [1.807, 2.05) is 13.0 Å². The number of rotatable bonds is 6. The number of carbonyl (C=O) groups excluding carboxylic acids is 2. The standard InChI is InChI=1S/C21H20ClFN2O5S/c1-3-30-20(26)18-17(11-31(28,29)13-8-9-16(23)15(22)10-13)24-21(27)25-19(18)14-7-5-4-6-12(14)2/h4-10,19H,3,11H2,1-2H3,(H2,24,25,27)/t19-/m1/s1. The van der Waals surface area contributed by atoms with E-state index in [0.717, 1.165) is 23.8 Å². The van der Waals surface area contributed by atoms with Crippen LogP contribution in [0.25, 0.3) is 0 Å². The number of benzene rings is 2. The number of aryl methyl sites for hydroxylation is 1. The Morgan fingerprint density at radius 2 is 1.94 bits per heavy atom. The summed E-state index contributed by atoms with van der Waals surface area (Å²) in [6.45, 7) is 3.49. The minimum absolute atomic E-state index is 0.0208. The number of amides is 2. The van der Waals surface area contributed by atoms with Gasteiger partial charge in [0.2, 0.25) is 0 Å². The van der Waals surface area contributed by atoms with Gasteiger partial charge in [-0.3, -0.25) is 0 Å². The number of carbonyl (C=O) groups is 2. The van der Waals surface area contributed by atoms with Gasteiger partial charge >= 0.3 is 12.0 Å². The third kappa shape index (κ3) is 4.88. The first-order chi connectivity index (χ1) is 14.6. The zero-order valence-electron chi connectivity index (χ0n) is 16.7. The quantitative estimate of drug-likeness (QED) is 0.501. The summed E-state index contributed by atoms with van der Waals surface area (Å²) in [7, 11) is -4.08. The van der Waals surface area contributed by atoms with E-state index in [0.29, 0.717) is 5.56 Å². The number of ether oxygens (including phenoxy) is 1. The van der Waals surface area contributed by atoms with Gasteiger partial charge in [-0.15, -0.1) is 0 Å². The van der Waals surface area contributed by atoms with Crippen molar-refractivity contribution in [1.29, 1.82) is 0 Å². The van der Waals surface area contributed by atoms with Crippen LogP contribution in [0.1, 0.15) is 24.1 Å². The smallest absolute Gasteiger partial charge is 0.338 e. The van der Waals surface area contributed by atoms with Crippen molar-refractivity contribution in [2.45, 2.75) is 24.8 Å². The van der Waals surface area contributed by atoms with Crippen LogP contribution in [0.2, 0.25) is 5.02 Å². The highest BCUT2D eigenvalue weighted by atomic mass is 35.5. The van der Waals surface area contributed by atoms with E-state index in [2.05, 4.69) is 10.6 Å². The van der Waals surface area contributed by atoms with Gasteiger partial charge in [0.25, 0.3) is 0 Å². The number of halogens is 2. The lowest BCUT2D eigenvalue weighted by molar-refractivity contribution is -0.139. The third-order valence-corrected chi connectivity index (χ3v) is 6.66. The Morgan fingerprint density at radius 1 is 1.23 bits per heavy atom. The molecule has 164 valence electrons. The van der Waals surface area contributed by atoms with Crippen molar-refractivity contribution >= 4 is 33.4 Å². The molecule has 0 spiro atoms. The van der Waals surface area contributed by atoms with Crippen molar-refractivity contribution in [3.05, 3.63) is 75.7 Å². The molecule has 0 fully saturated rings. The molecule has 1 heterocycles. The van der Waals surface area contributed by atoms with Crippen LogP contribution in [0.3, 0.4) is 0 Å². The van der Waals surface area contributed by atoms with E-state index in [1.54, 1.807) is 25.1 Å². The number of nitrogens with one attached hydrogen (secondary N) is 2. The summed E-state index contributed by atoms with van der Waals surface area (Å²) < 4.78 is 44.5. The topological polar surface area (TPSA) is 102 Å². The molecule has 2 N–H and O–H groups in total. The van der Waals surface area contributed by atoms with Crippen LogP contribution in [0, 0.1) is 12.7 Å². The molecule has 2 aromatic carbocycles. The summed E-state index contributed by atoms with van der Waals surface area (Å²) in [5.41, 5.74) is 1.28. The summed E-state index contributed by atoms with van der Waals surface area (Å²) in [5, 5.41) is 4.73. The van der Waals surface area contributed by atoms with Crippen LogP contribution in [0.15, 0.2) is 58.6 Å². The normalized spacial score (nSPS) is 16.5. The van der Waals surface area contributed by atoms with Gasteiger partial charge in [-0.05, 0) is 43.2 Å². The highest BCUT2D eigenvalue weighted by Crippen LogP contribution is 2.31. The van der Waals surface area contributed by atoms with Crippen LogP contribution >= 0.6 is 11.6 Å². The van der Waals surface area contributed by atoms with Gasteiger partial charge in [0, 0.05) is 5.70 Å². The minimum Gasteiger partial charge on any atom is -0.463 e. The van der Waals surface area contributed by atoms with E-state index in [-0.39, 0.29) is 27.8 Å². The fourth-order valence-electron chi connectivity index (χ4n) is 3.27. The first kappa shape index (κ1) is 22.8. The van der Waals surface area contributed by atoms with Crippen molar-refractivity contribution < 1.29 is 27.1 Å². The molecule has 1 aliphatic heterocycles. The fraction of sp³-hybridized carbons (Fsp3) is 0.238. The zero-order valence-corrected chi connectivity index (χ0v) is 18.3. The lowest BCUT2D eigenvalue weighted by Gasteiger charge is -2.30. The maximum Gasteiger partial charge on any atom is 0.338 e. The Hall–Kier alpha value is -2.91. The minimum atomic E-state index is -4.08. The van der Waals surface area contributed by atoms with Crippen LogP contribution in [0.4, 0.5) is 9.18 Å². The molecule has 10 heteroatoms. The highest BCUT2D eigenvalue weighted by Gasteiger charge is 2.36. The van der Waals surface area contributed by atoms with Crippen molar-refractivity contribution in [3.8, 4) is 0 Å². The molecule has 1 aliphatic rings. The average Bonchev–Trinajstić information content (AvgIpc) is 2.69. The summed E-state index contributed by atoms with van der Waals surface area (Å²) in [5.74, 6) is -2.23. The highest BCUT2D eigenvalue weighted by molar-refractivity contribution is 7.91. The molecule has 0 saturated carbocycles. The Labute approximate surface area is 184 Å². The van der Waals surface area contributed by atoms with Gasteiger partial charge in [-0.25, -0.2) is 22.4 Å². The molecular weight excluding hydrogens is 447 g/mol. The van der Waals surface area contributed by atoms with Crippen molar-refractivity contribution in [2.24, 2.45) is 0 Å². The largest absolute Gasteiger partial charge is 0.463 e. The first-order valence-corrected chi connectivity index (χ1v) is 11.4. The molecule has 0 aliphatic carbocycles. The first-order valence-electron chi connectivity index (χ1n) is 9.35. The van der Waals surface area contributed by atoms with Crippen LogP contribution in [-0.4, -0.2) is 32.8 Å². The molecule has 0 aromatic heterocycles. The van der Waals surface area contributed by atoms with Crippen LogP contribution < -0.4 is 10.6 Å². The Morgan fingerprint density at radius 3 is 2.58 bits per heavy atom. The molecule has 0 bridgehead atoms. The number of hydrogen-bond acceptors (Lipinski definition) is 5. The van der Waals surface area contributed by atoms with Crippen LogP contribution in [-0.2, 0) is 19.4 Å². The van der Waals surface area contributed by atoms with Crippen molar-refractivity contribution in [2.75, 3.05) is 12.4 Å². The number of urea groups is 1. The SMILES string of the molecule is CCOC(=O)C1=C(CS(=O)(=O)c2ccc(F)c(Cl)c2)NC(=O)N[C@@H]1c1ccccc1C. The van der Waals surface area contributed by atoms with E-state index >= 15 is 0 Å². The molecule has 1 atom stereocenters. The number of esters is 1. The monoisotopic (exact) mass is 466 g/mol. The molecule has 7 nitrogen and oxygen atoms in total. The van der Waals surface area contributed by atoms with Gasteiger partial charge in [-0.1, -0.05) is 35.9 Å². The molecule has 0 unspecified atom stereocenters. The molecule has 2 amide bonds. The summed E-state index contributed by atoms with van der Waals surface area (Å²) in [4.78, 5) is 24.9. The Kier molecular flexibility index (Phi) is 6.66. The second-order valence-corrected chi connectivity index (χ2v) is 9.23. The Bertz CT molecular complexity index is 1180.